The Morgan fingerprint density at radius 3 is 2.91 bits per heavy atom. The van der Waals surface area contributed by atoms with Crippen LogP contribution < -0.4 is 0 Å². The molecule has 2 nitrogen and oxygen atoms in total. The molecule has 0 aliphatic heterocycles. The van der Waals surface area contributed by atoms with Crippen molar-refractivity contribution in [2.75, 3.05) is 0 Å². The van der Waals surface area contributed by atoms with Crippen LogP contribution in [-0.2, 0) is 6.54 Å². The van der Waals surface area contributed by atoms with E-state index >= 15 is 0 Å². The van der Waals surface area contributed by atoms with Crippen molar-refractivity contribution in [3.05, 3.63) is 40.2 Å². The van der Waals surface area contributed by atoms with E-state index in [0.717, 1.165) is 0 Å². The van der Waals surface area contributed by atoms with Crippen molar-refractivity contribution in [3.63, 3.8) is 0 Å². The predicted molar refractivity (Wildman–Crippen MR) is 43.4 cm³/mol. The van der Waals surface area contributed by atoms with Crippen molar-refractivity contribution >= 4 is 11.6 Å². The zero-order chi connectivity index (χ0) is 8.27. The summed E-state index contributed by atoms with van der Waals surface area (Å²) in [4.78, 5) is 3.14. The molecule has 3 heteroatoms. The van der Waals surface area contributed by atoms with Crippen LogP contribution in [0.15, 0.2) is 18.2 Å². The molecular formula is C8H6ClNO. The first-order valence-electron chi connectivity index (χ1n) is 3.05. The molecule has 0 aliphatic rings. The van der Waals surface area contributed by atoms with E-state index in [9.17, 15) is 5.11 Å². The Kier molecular flexibility index (Phi) is 2.35. The number of para-hydroxylation sites is 1. The number of aromatic hydroxyl groups is 1. The molecule has 0 amide bonds. The molecular weight excluding hydrogens is 162 g/mol. The average Bonchev–Trinajstić information content (AvgIpc) is 1.99. The molecule has 0 heterocycles. The topological polar surface area (TPSA) is 24.6 Å². The van der Waals surface area contributed by atoms with Gasteiger partial charge in [0.2, 0.25) is 6.54 Å². The number of nitrogens with zero attached hydrogens (tertiary/aromatic N) is 1. The minimum atomic E-state index is 0.0187. The number of hydrogen-bond donors (Lipinski definition) is 1. The Morgan fingerprint density at radius 2 is 2.27 bits per heavy atom. The predicted octanol–water partition coefficient (Wildman–Crippen LogP) is 2.46. The van der Waals surface area contributed by atoms with Gasteiger partial charge in [-0.05, 0) is 12.1 Å². The summed E-state index contributed by atoms with van der Waals surface area (Å²) in [5.74, 6) is 0.0187. The van der Waals surface area contributed by atoms with Crippen LogP contribution in [0.5, 0.6) is 5.75 Å². The van der Waals surface area contributed by atoms with Crippen molar-refractivity contribution in [1.29, 1.82) is 0 Å². The highest BCUT2D eigenvalue weighted by molar-refractivity contribution is 6.32. The standard InChI is InChI=1S/C8H6ClNO/c1-10-5-6-3-2-4-7(9)8(6)11/h2-4,11H,5H2. The van der Waals surface area contributed by atoms with Gasteiger partial charge in [-0.15, -0.1) is 0 Å². The number of benzene rings is 1. The highest BCUT2D eigenvalue weighted by Gasteiger charge is 2.05. The van der Waals surface area contributed by atoms with Crippen molar-refractivity contribution in [2.45, 2.75) is 6.54 Å². The first-order valence-corrected chi connectivity index (χ1v) is 3.43. The van der Waals surface area contributed by atoms with E-state index in [-0.39, 0.29) is 12.3 Å². The Hall–Kier alpha value is -1.20. The van der Waals surface area contributed by atoms with Gasteiger partial charge in [0.05, 0.1) is 10.6 Å². The lowest BCUT2D eigenvalue weighted by atomic mass is 10.2. The number of rotatable bonds is 1. The maximum atomic E-state index is 9.25. The smallest absolute Gasteiger partial charge is 0.243 e. The maximum absolute atomic E-state index is 9.25. The zero-order valence-corrected chi connectivity index (χ0v) is 6.47. The fourth-order valence-electron chi connectivity index (χ4n) is 0.773. The summed E-state index contributed by atoms with van der Waals surface area (Å²) in [6.45, 7) is 6.75. The number of halogens is 1. The van der Waals surface area contributed by atoms with Gasteiger partial charge < -0.3 is 9.95 Å². The third-order valence-corrected chi connectivity index (χ3v) is 1.62. The van der Waals surface area contributed by atoms with Crippen LogP contribution >= 0.6 is 11.6 Å². The molecule has 0 radical (unpaired) electrons. The van der Waals surface area contributed by atoms with Crippen molar-refractivity contribution in [2.24, 2.45) is 0 Å². The zero-order valence-electron chi connectivity index (χ0n) is 5.71. The van der Waals surface area contributed by atoms with Crippen LogP contribution in [0.2, 0.25) is 5.02 Å². The second kappa shape index (κ2) is 3.27. The SMILES string of the molecule is [C-]#[N+]Cc1cccc(Cl)c1O. The van der Waals surface area contributed by atoms with Crippen molar-refractivity contribution in [3.8, 4) is 5.75 Å². The summed E-state index contributed by atoms with van der Waals surface area (Å²) in [6.07, 6.45) is 0. The summed E-state index contributed by atoms with van der Waals surface area (Å²) in [5, 5.41) is 9.55. The molecule has 1 N–H and O–H groups in total. The summed E-state index contributed by atoms with van der Waals surface area (Å²) in [7, 11) is 0. The van der Waals surface area contributed by atoms with Gasteiger partial charge in [0, 0.05) is 0 Å². The van der Waals surface area contributed by atoms with Crippen LogP contribution in [0.4, 0.5) is 0 Å². The molecule has 1 aromatic carbocycles. The summed E-state index contributed by atoms with van der Waals surface area (Å²) in [6, 6.07) is 4.98. The van der Waals surface area contributed by atoms with Crippen LogP contribution in [0, 0.1) is 6.57 Å². The first-order chi connectivity index (χ1) is 5.25. The summed E-state index contributed by atoms with van der Waals surface area (Å²) >= 11 is 5.60. The van der Waals surface area contributed by atoms with E-state index in [0.29, 0.717) is 10.6 Å². The van der Waals surface area contributed by atoms with E-state index in [1.54, 1.807) is 18.2 Å². The molecule has 0 atom stereocenters. The largest absolute Gasteiger partial charge is 0.506 e. The molecule has 0 aliphatic carbocycles. The highest BCUT2D eigenvalue weighted by Crippen LogP contribution is 2.27. The van der Waals surface area contributed by atoms with Crippen LogP contribution in [0.1, 0.15) is 5.56 Å². The van der Waals surface area contributed by atoms with E-state index in [2.05, 4.69) is 4.85 Å². The molecule has 0 unspecified atom stereocenters. The maximum Gasteiger partial charge on any atom is 0.243 e. The Balaban J connectivity index is 3.08. The van der Waals surface area contributed by atoms with Gasteiger partial charge in [0.1, 0.15) is 5.75 Å². The van der Waals surface area contributed by atoms with Crippen LogP contribution in [0.25, 0.3) is 4.85 Å². The summed E-state index contributed by atoms with van der Waals surface area (Å²) in [5.41, 5.74) is 0.576. The molecule has 11 heavy (non-hydrogen) atoms. The molecule has 0 saturated carbocycles. The highest BCUT2D eigenvalue weighted by atomic mass is 35.5. The fraction of sp³-hybridized carbons (Fsp3) is 0.125. The van der Waals surface area contributed by atoms with Crippen molar-refractivity contribution in [1.82, 2.24) is 0 Å². The quantitative estimate of drug-likeness (QED) is 0.639. The average molecular weight is 168 g/mol. The minimum absolute atomic E-state index is 0.0187. The Bertz CT molecular complexity index is 303. The third-order valence-electron chi connectivity index (χ3n) is 1.32. The number of phenolic OH excluding ortho intramolecular Hbond substituents is 1. The molecule has 0 aromatic heterocycles. The van der Waals surface area contributed by atoms with Gasteiger partial charge >= 0.3 is 0 Å². The minimum Gasteiger partial charge on any atom is -0.506 e. The monoisotopic (exact) mass is 167 g/mol. The number of phenols is 1. The van der Waals surface area contributed by atoms with Crippen LogP contribution in [-0.4, -0.2) is 5.11 Å². The first kappa shape index (κ1) is 7.90. The molecule has 0 spiro atoms. The second-order valence-electron chi connectivity index (χ2n) is 2.06. The Morgan fingerprint density at radius 1 is 1.55 bits per heavy atom. The van der Waals surface area contributed by atoms with Gasteiger partial charge in [0.25, 0.3) is 0 Å². The van der Waals surface area contributed by atoms with Gasteiger partial charge in [0.15, 0.2) is 0 Å². The normalized spacial score (nSPS) is 9.09. The van der Waals surface area contributed by atoms with E-state index in [1.165, 1.54) is 0 Å². The van der Waals surface area contributed by atoms with Gasteiger partial charge in [-0.2, -0.15) is 0 Å². The fourth-order valence-corrected chi connectivity index (χ4v) is 0.967. The van der Waals surface area contributed by atoms with Crippen LogP contribution in [0.3, 0.4) is 0 Å². The lowest BCUT2D eigenvalue weighted by molar-refractivity contribution is 0.470. The van der Waals surface area contributed by atoms with E-state index in [4.69, 9.17) is 18.2 Å². The van der Waals surface area contributed by atoms with Gasteiger partial charge in [-0.3, -0.25) is 0 Å². The lowest BCUT2D eigenvalue weighted by Crippen LogP contribution is -1.80. The molecule has 0 bridgehead atoms. The van der Waals surface area contributed by atoms with Gasteiger partial charge in [-0.1, -0.05) is 17.7 Å². The summed E-state index contributed by atoms with van der Waals surface area (Å²) < 4.78 is 0. The third kappa shape index (κ3) is 1.63. The molecule has 56 valence electrons. The molecule has 1 rings (SSSR count). The molecule has 0 saturated heterocycles. The Labute approximate surface area is 69.9 Å². The molecule has 1 aromatic rings. The van der Waals surface area contributed by atoms with E-state index < -0.39 is 0 Å². The van der Waals surface area contributed by atoms with Crippen molar-refractivity contribution < 1.29 is 5.11 Å². The van der Waals surface area contributed by atoms with E-state index in [1.807, 2.05) is 0 Å². The van der Waals surface area contributed by atoms with Gasteiger partial charge in [-0.25, -0.2) is 6.57 Å². The number of hydrogen-bond acceptors (Lipinski definition) is 1. The molecule has 0 fully saturated rings. The second-order valence-corrected chi connectivity index (χ2v) is 2.47. The lowest BCUT2D eigenvalue weighted by Gasteiger charge is -1.98.